The number of rotatable bonds is 3. The first-order chi connectivity index (χ1) is 13.9. The number of hydrogen-bond acceptors (Lipinski definition) is 6. The zero-order valence-corrected chi connectivity index (χ0v) is 18.8. The summed E-state index contributed by atoms with van der Waals surface area (Å²) in [5, 5.41) is 0. The lowest BCUT2D eigenvalue weighted by Crippen LogP contribution is -2.06. The molecule has 0 atom stereocenters. The minimum atomic E-state index is -3.72. The molecule has 0 aliphatic carbocycles. The van der Waals surface area contributed by atoms with E-state index in [1.807, 2.05) is 0 Å². The highest BCUT2D eigenvalue weighted by Gasteiger charge is 2.32. The van der Waals surface area contributed by atoms with Crippen molar-refractivity contribution < 1.29 is 25.3 Å². The van der Waals surface area contributed by atoms with Crippen molar-refractivity contribution in [1.29, 1.82) is 0 Å². The van der Waals surface area contributed by atoms with Crippen molar-refractivity contribution in [3.05, 3.63) is 86.1 Å². The summed E-state index contributed by atoms with van der Waals surface area (Å²) in [5.74, 6) is 0. The maximum absolute atomic E-state index is 12.7. The van der Waals surface area contributed by atoms with Gasteiger partial charge in [0.05, 0.1) is 14.7 Å². The molecule has 30 heavy (non-hydrogen) atoms. The second-order valence-corrected chi connectivity index (χ2v) is 13.5. The highest BCUT2D eigenvalue weighted by Crippen LogP contribution is 2.40. The quantitative estimate of drug-likeness (QED) is 0.679. The minimum absolute atomic E-state index is 0.00412. The Morgan fingerprint density at radius 2 is 0.667 bits per heavy atom. The van der Waals surface area contributed by atoms with Gasteiger partial charge in [0.15, 0.2) is 0 Å². The topological polar surface area (TPSA) is 102 Å². The van der Waals surface area contributed by atoms with Crippen molar-refractivity contribution in [3.63, 3.8) is 0 Å². The van der Waals surface area contributed by atoms with Crippen LogP contribution in [0.25, 0.3) is 14.7 Å². The van der Waals surface area contributed by atoms with Crippen LogP contribution in [0, 0.1) is 0 Å². The fourth-order valence-corrected chi connectivity index (χ4v) is 7.25. The van der Waals surface area contributed by atoms with Crippen LogP contribution in [0.4, 0.5) is 0 Å². The van der Waals surface area contributed by atoms with Crippen molar-refractivity contribution in [1.82, 2.24) is 0 Å². The monoisotopic (exact) mass is 462 g/mol. The molecule has 0 amide bonds. The average molecular weight is 463 g/mol. The normalized spacial score (nSPS) is 23.3. The summed E-state index contributed by atoms with van der Waals surface area (Å²) in [7, 11) is -11.2. The van der Waals surface area contributed by atoms with E-state index in [1.54, 1.807) is 0 Å². The van der Waals surface area contributed by atoms with Crippen LogP contribution in [0.1, 0.15) is 37.5 Å². The van der Waals surface area contributed by atoms with Crippen LogP contribution in [0.5, 0.6) is 0 Å². The lowest BCUT2D eigenvalue weighted by molar-refractivity contribution is 0.610. The van der Waals surface area contributed by atoms with E-state index in [-0.39, 0.29) is 46.1 Å². The largest absolute Gasteiger partial charge is 0.219 e. The Kier molecular flexibility index (Phi) is 4.50. The molecule has 0 saturated heterocycles. The smallest absolute Gasteiger partial charge is 0.203 e. The van der Waals surface area contributed by atoms with Gasteiger partial charge in [0.1, 0.15) is 0 Å². The number of benzene rings is 1. The maximum atomic E-state index is 12.7. The van der Waals surface area contributed by atoms with Gasteiger partial charge >= 0.3 is 0 Å². The molecule has 0 aromatic heterocycles. The van der Waals surface area contributed by atoms with Gasteiger partial charge in [-0.1, -0.05) is 0 Å². The molecule has 0 N–H and O–H groups in total. The molecule has 6 nitrogen and oxygen atoms in total. The summed E-state index contributed by atoms with van der Waals surface area (Å²) in [4.78, 5) is 0.512. The van der Waals surface area contributed by atoms with Crippen LogP contribution in [-0.2, 0) is 29.5 Å². The number of hydrogen-bond donors (Lipinski definition) is 0. The lowest BCUT2D eigenvalue weighted by atomic mass is 10.0. The van der Waals surface area contributed by atoms with Crippen LogP contribution in [0.15, 0.2) is 69.4 Å². The Bertz CT molecular complexity index is 1330. The Morgan fingerprint density at radius 3 is 0.833 bits per heavy atom. The average Bonchev–Trinajstić information content (AvgIpc) is 3.19. The molecule has 1 aromatic carbocycles. The Labute approximate surface area is 176 Å². The second-order valence-electron chi connectivity index (χ2n) is 7.23. The predicted molar refractivity (Wildman–Crippen MR) is 118 cm³/mol. The van der Waals surface area contributed by atoms with Crippen LogP contribution in [-0.4, -0.2) is 25.3 Å². The third-order valence-corrected chi connectivity index (χ3v) is 11.1. The van der Waals surface area contributed by atoms with Gasteiger partial charge in [0, 0.05) is 14.7 Å². The predicted octanol–water partition coefficient (Wildman–Crippen LogP) is 3.71. The van der Waals surface area contributed by atoms with Gasteiger partial charge in [-0.2, -0.15) is 0 Å². The summed E-state index contributed by atoms with van der Waals surface area (Å²) in [6.07, 6.45) is 8.71. The van der Waals surface area contributed by atoms with E-state index in [2.05, 4.69) is 0 Å². The summed E-state index contributed by atoms with van der Waals surface area (Å²) in [6.45, 7) is 4.41. The van der Waals surface area contributed by atoms with E-state index >= 15 is 0 Å². The van der Waals surface area contributed by atoms with Gasteiger partial charge in [0.2, 0.25) is 29.5 Å². The molecular formula is C21H18O6S3. The molecule has 4 rings (SSSR count). The Hall–Kier alpha value is -2.49. The second kappa shape index (κ2) is 6.50. The van der Waals surface area contributed by atoms with Crippen molar-refractivity contribution in [3.8, 4) is 0 Å². The SMILES string of the molecule is CC1=CC=C(c2cc(C3=CC=C(C)S3(=O)=O)cc(C3=CC=C(C)S3(=O)=O)c2)S1(=O)=O. The summed E-state index contributed by atoms with van der Waals surface area (Å²) in [6, 6.07) is 4.41. The molecule has 0 spiro atoms. The highest BCUT2D eigenvalue weighted by molar-refractivity contribution is 8.05. The van der Waals surface area contributed by atoms with Crippen LogP contribution in [0.3, 0.4) is 0 Å². The fourth-order valence-electron chi connectivity index (χ4n) is 3.45. The van der Waals surface area contributed by atoms with E-state index in [0.29, 0.717) is 0 Å². The summed E-state index contributed by atoms with van der Waals surface area (Å²) < 4.78 is 76.2. The van der Waals surface area contributed by atoms with Gasteiger partial charge in [0.25, 0.3) is 0 Å². The Morgan fingerprint density at radius 1 is 0.433 bits per heavy atom. The first-order valence-electron chi connectivity index (χ1n) is 8.94. The van der Waals surface area contributed by atoms with Gasteiger partial charge < -0.3 is 0 Å². The van der Waals surface area contributed by atoms with Crippen LogP contribution >= 0.6 is 0 Å². The molecule has 9 heteroatoms. The molecular weight excluding hydrogens is 444 g/mol. The van der Waals surface area contributed by atoms with Crippen LogP contribution in [0.2, 0.25) is 0 Å². The zero-order chi connectivity index (χ0) is 22.1. The van der Waals surface area contributed by atoms with E-state index in [4.69, 9.17) is 0 Å². The molecule has 0 bridgehead atoms. The molecule has 0 saturated carbocycles. The van der Waals surface area contributed by atoms with Gasteiger partial charge in [-0.25, -0.2) is 25.3 Å². The van der Waals surface area contributed by atoms with Gasteiger partial charge in [-0.3, -0.25) is 0 Å². The van der Waals surface area contributed by atoms with Crippen molar-refractivity contribution in [2.45, 2.75) is 20.8 Å². The molecule has 0 fully saturated rings. The fraction of sp³-hybridized carbons (Fsp3) is 0.143. The summed E-state index contributed by atoms with van der Waals surface area (Å²) >= 11 is 0. The van der Waals surface area contributed by atoms with E-state index < -0.39 is 29.5 Å². The van der Waals surface area contributed by atoms with Gasteiger partial charge in [-0.15, -0.1) is 0 Å². The molecule has 3 aliphatic heterocycles. The van der Waals surface area contributed by atoms with Crippen molar-refractivity contribution in [2.75, 3.05) is 0 Å². The number of sulfone groups is 3. The standard InChI is InChI=1S/C21H18O6S3/c1-13-4-7-19(28(13,22)23)16-10-17(20-8-5-14(2)29(20,24)25)12-18(11-16)21-9-6-15(3)30(21,26)27/h4-12H,1-3H3. The zero-order valence-electron chi connectivity index (χ0n) is 16.4. The molecule has 1 aromatic rings. The Balaban J connectivity index is 1.96. The van der Waals surface area contributed by atoms with E-state index in [1.165, 1.54) is 75.4 Å². The number of allylic oxidation sites excluding steroid dienone is 9. The molecule has 156 valence electrons. The highest BCUT2D eigenvalue weighted by atomic mass is 32.2. The third kappa shape index (κ3) is 2.91. The molecule has 3 heterocycles. The van der Waals surface area contributed by atoms with E-state index in [9.17, 15) is 25.3 Å². The third-order valence-electron chi connectivity index (χ3n) is 5.33. The first kappa shape index (κ1) is 20.8. The lowest BCUT2D eigenvalue weighted by Gasteiger charge is -2.14. The van der Waals surface area contributed by atoms with Gasteiger partial charge in [-0.05, 0) is 92.1 Å². The molecule has 3 aliphatic rings. The van der Waals surface area contributed by atoms with Crippen molar-refractivity contribution in [2.24, 2.45) is 0 Å². The summed E-state index contributed by atoms with van der Waals surface area (Å²) in [5.41, 5.74) is 0.700. The first-order valence-corrected chi connectivity index (χ1v) is 13.4. The molecule has 0 radical (unpaired) electrons. The van der Waals surface area contributed by atoms with E-state index in [0.717, 1.165) is 0 Å². The molecule has 0 unspecified atom stereocenters. The minimum Gasteiger partial charge on any atom is -0.219 e. The van der Waals surface area contributed by atoms with Crippen LogP contribution < -0.4 is 0 Å². The maximum Gasteiger partial charge on any atom is 0.203 e. The van der Waals surface area contributed by atoms with Crippen molar-refractivity contribution >= 4 is 44.2 Å².